The largest absolute Gasteiger partial charge is 0.481 e. The molecule has 102 valence electrons. The maximum Gasteiger partial charge on any atom is 0.306 e. The minimum absolute atomic E-state index is 0.116. The van der Waals surface area contributed by atoms with E-state index in [1.54, 1.807) is 0 Å². The zero-order valence-electron chi connectivity index (χ0n) is 11.1. The maximum atomic E-state index is 11.0. The fourth-order valence-corrected chi connectivity index (χ4v) is 3.28. The summed E-state index contributed by atoms with van der Waals surface area (Å²) in [5, 5.41) is 19.9. The first-order valence-corrected chi connectivity index (χ1v) is 7.16. The van der Waals surface area contributed by atoms with Crippen LogP contribution in [0.4, 0.5) is 0 Å². The van der Waals surface area contributed by atoms with Crippen LogP contribution in [0.3, 0.4) is 0 Å². The van der Waals surface area contributed by atoms with Crippen LogP contribution in [0.5, 0.6) is 0 Å². The Bertz CT molecular complexity index is 505. The molecule has 2 aliphatic carbocycles. The Morgan fingerprint density at radius 1 is 1.21 bits per heavy atom. The Kier molecular flexibility index (Phi) is 3.09. The van der Waals surface area contributed by atoms with Gasteiger partial charge in [-0.25, -0.2) is 0 Å². The minimum Gasteiger partial charge on any atom is -0.481 e. The second-order valence-corrected chi connectivity index (χ2v) is 5.96. The maximum absolute atomic E-state index is 11.0. The molecule has 0 spiro atoms. The van der Waals surface area contributed by atoms with Crippen LogP contribution in [-0.4, -0.2) is 16.2 Å². The summed E-state index contributed by atoms with van der Waals surface area (Å²) in [7, 11) is 0. The van der Waals surface area contributed by atoms with Crippen molar-refractivity contribution in [1.82, 2.24) is 0 Å². The Hall–Kier alpha value is -1.35. The highest BCUT2D eigenvalue weighted by atomic mass is 16.4. The zero-order chi connectivity index (χ0) is 13.5. The van der Waals surface area contributed by atoms with E-state index in [-0.39, 0.29) is 12.3 Å². The second-order valence-electron chi connectivity index (χ2n) is 5.96. The van der Waals surface area contributed by atoms with Gasteiger partial charge in [0.15, 0.2) is 0 Å². The van der Waals surface area contributed by atoms with E-state index in [0.29, 0.717) is 0 Å². The molecule has 19 heavy (non-hydrogen) atoms. The summed E-state index contributed by atoms with van der Waals surface area (Å²) < 4.78 is 0. The van der Waals surface area contributed by atoms with Gasteiger partial charge in [-0.2, -0.15) is 0 Å². The summed E-state index contributed by atoms with van der Waals surface area (Å²) in [5.41, 5.74) is 2.30. The third-order valence-corrected chi connectivity index (χ3v) is 4.52. The summed E-state index contributed by atoms with van der Waals surface area (Å²) in [5.74, 6) is -0.808. The highest BCUT2D eigenvalue weighted by Gasteiger charge is 2.46. The highest BCUT2D eigenvalue weighted by Crippen LogP contribution is 2.48. The molecule has 0 bridgehead atoms. The molecule has 0 saturated heterocycles. The lowest BCUT2D eigenvalue weighted by molar-refractivity contribution is -0.144. The third-order valence-electron chi connectivity index (χ3n) is 4.52. The van der Waals surface area contributed by atoms with Gasteiger partial charge in [0.1, 0.15) is 5.60 Å². The molecular weight excluding hydrogens is 240 g/mol. The Morgan fingerprint density at radius 2 is 1.89 bits per heavy atom. The van der Waals surface area contributed by atoms with Gasteiger partial charge in [0.25, 0.3) is 0 Å². The van der Waals surface area contributed by atoms with Crippen molar-refractivity contribution in [3.8, 4) is 0 Å². The first-order chi connectivity index (χ1) is 9.09. The van der Waals surface area contributed by atoms with Gasteiger partial charge in [0, 0.05) is 0 Å². The van der Waals surface area contributed by atoms with E-state index < -0.39 is 11.6 Å². The smallest absolute Gasteiger partial charge is 0.306 e. The van der Waals surface area contributed by atoms with Crippen molar-refractivity contribution >= 4 is 5.97 Å². The number of carboxylic acid groups (broad SMARTS) is 1. The molecule has 1 saturated carbocycles. The molecule has 0 radical (unpaired) electrons. The number of benzene rings is 1. The van der Waals surface area contributed by atoms with Crippen LogP contribution in [-0.2, 0) is 23.2 Å². The number of hydrogen-bond acceptors (Lipinski definition) is 2. The van der Waals surface area contributed by atoms with Gasteiger partial charge in [-0.05, 0) is 61.1 Å². The first kappa shape index (κ1) is 12.7. The quantitative estimate of drug-likeness (QED) is 0.875. The van der Waals surface area contributed by atoms with E-state index in [0.717, 1.165) is 31.2 Å². The van der Waals surface area contributed by atoms with Gasteiger partial charge < -0.3 is 10.2 Å². The van der Waals surface area contributed by atoms with E-state index >= 15 is 0 Å². The molecule has 2 N–H and O–H groups in total. The number of carbonyl (C=O) groups is 1. The molecule has 2 aliphatic rings. The van der Waals surface area contributed by atoms with Crippen molar-refractivity contribution in [2.45, 2.75) is 50.5 Å². The van der Waals surface area contributed by atoms with Crippen LogP contribution in [0.15, 0.2) is 18.2 Å². The van der Waals surface area contributed by atoms with Crippen molar-refractivity contribution < 1.29 is 15.0 Å². The molecule has 1 aromatic carbocycles. The Labute approximate surface area is 113 Å². The Morgan fingerprint density at radius 3 is 2.53 bits per heavy atom. The molecular formula is C16H20O3. The molecule has 0 amide bonds. The lowest BCUT2D eigenvalue weighted by Gasteiger charge is -2.29. The molecule has 0 aliphatic heterocycles. The summed E-state index contributed by atoms with van der Waals surface area (Å²) in [6, 6.07) is 6.07. The average Bonchev–Trinajstić information content (AvgIpc) is 3.22. The molecule has 0 heterocycles. The number of rotatable bonds is 4. The van der Waals surface area contributed by atoms with Gasteiger partial charge in [-0.1, -0.05) is 18.2 Å². The number of aliphatic carboxylic acids is 1. The summed E-state index contributed by atoms with van der Waals surface area (Å²) in [4.78, 5) is 11.0. The van der Waals surface area contributed by atoms with Crippen molar-refractivity contribution in [3.05, 3.63) is 34.9 Å². The van der Waals surface area contributed by atoms with Gasteiger partial charge in [-0.3, -0.25) is 4.79 Å². The molecule has 3 nitrogen and oxygen atoms in total. The molecule has 1 aromatic rings. The lowest BCUT2D eigenvalue weighted by atomic mass is 9.82. The molecule has 3 heteroatoms. The monoisotopic (exact) mass is 260 g/mol. The molecule has 1 fully saturated rings. The topological polar surface area (TPSA) is 57.5 Å². The second kappa shape index (κ2) is 4.64. The molecule has 0 aromatic heterocycles. The summed E-state index contributed by atoms with van der Waals surface area (Å²) >= 11 is 0. The number of aryl methyl sites for hydroxylation is 2. The Balaban J connectivity index is 1.96. The number of hydrogen-bond donors (Lipinski definition) is 2. The van der Waals surface area contributed by atoms with Gasteiger partial charge in [0.05, 0.1) is 6.42 Å². The van der Waals surface area contributed by atoms with Crippen LogP contribution in [0.25, 0.3) is 0 Å². The van der Waals surface area contributed by atoms with E-state index in [9.17, 15) is 9.90 Å². The first-order valence-electron chi connectivity index (χ1n) is 7.16. The lowest BCUT2D eigenvalue weighted by Crippen LogP contribution is -2.31. The van der Waals surface area contributed by atoms with Gasteiger partial charge in [0.2, 0.25) is 0 Å². The fourth-order valence-electron chi connectivity index (χ4n) is 3.28. The fraction of sp³-hybridized carbons (Fsp3) is 0.562. The third kappa shape index (κ3) is 2.39. The van der Waals surface area contributed by atoms with E-state index in [4.69, 9.17) is 5.11 Å². The van der Waals surface area contributed by atoms with Crippen LogP contribution in [0.1, 0.15) is 48.8 Å². The normalized spacial score (nSPS) is 21.5. The van der Waals surface area contributed by atoms with Crippen molar-refractivity contribution in [2.75, 3.05) is 0 Å². The summed E-state index contributed by atoms with van der Waals surface area (Å²) in [6.07, 6.45) is 6.26. The van der Waals surface area contributed by atoms with Crippen LogP contribution < -0.4 is 0 Å². The zero-order valence-corrected chi connectivity index (χ0v) is 11.1. The minimum atomic E-state index is -1.17. The van der Waals surface area contributed by atoms with E-state index in [1.807, 2.05) is 6.07 Å². The average molecular weight is 260 g/mol. The molecule has 1 atom stereocenters. The van der Waals surface area contributed by atoms with Crippen molar-refractivity contribution in [1.29, 1.82) is 0 Å². The predicted molar refractivity (Wildman–Crippen MR) is 72.0 cm³/mol. The van der Waals surface area contributed by atoms with E-state index in [1.165, 1.54) is 24.0 Å². The predicted octanol–water partition coefficient (Wildman–Crippen LogP) is 2.64. The van der Waals surface area contributed by atoms with E-state index in [2.05, 4.69) is 12.1 Å². The van der Waals surface area contributed by atoms with Crippen molar-refractivity contribution in [3.63, 3.8) is 0 Å². The van der Waals surface area contributed by atoms with Crippen molar-refractivity contribution in [2.24, 2.45) is 5.92 Å². The van der Waals surface area contributed by atoms with Crippen LogP contribution in [0.2, 0.25) is 0 Å². The SMILES string of the molecule is O=C(O)CC(O)(c1ccc2c(c1)CCCC2)C1CC1. The van der Waals surface area contributed by atoms with Gasteiger partial charge in [-0.15, -0.1) is 0 Å². The van der Waals surface area contributed by atoms with Gasteiger partial charge >= 0.3 is 5.97 Å². The van der Waals surface area contributed by atoms with Crippen LogP contribution >= 0.6 is 0 Å². The standard InChI is InChI=1S/C16H20O3/c17-15(18)10-16(19,13-7-8-13)14-6-5-11-3-1-2-4-12(11)9-14/h5-6,9,13,19H,1-4,7-8,10H2,(H,17,18). The molecule has 1 unspecified atom stereocenters. The number of aliphatic hydroxyl groups is 1. The molecule has 3 rings (SSSR count). The summed E-state index contributed by atoms with van der Waals surface area (Å²) in [6.45, 7) is 0. The number of carboxylic acids is 1. The highest BCUT2D eigenvalue weighted by molar-refractivity contribution is 5.69. The van der Waals surface area contributed by atoms with Crippen LogP contribution in [0, 0.1) is 5.92 Å². The number of fused-ring (bicyclic) bond motifs is 1.